The van der Waals surface area contributed by atoms with Crippen LogP contribution in [0.5, 0.6) is 11.5 Å². The first kappa shape index (κ1) is 22.9. The van der Waals surface area contributed by atoms with Gasteiger partial charge in [-0.3, -0.25) is 9.89 Å². The molecule has 2 aromatic rings. The van der Waals surface area contributed by atoms with E-state index in [0.717, 1.165) is 62.3 Å². The van der Waals surface area contributed by atoms with E-state index in [1.807, 2.05) is 18.2 Å². The highest BCUT2D eigenvalue weighted by Gasteiger charge is 2.13. The maximum atomic E-state index is 5.37. The highest BCUT2D eigenvalue weighted by molar-refractivity contribution is 5.79. The van der Waals surface area contributed by atoms with Crippen molar-refractivity contribution in [2.45, 2.75) is 19.6 Å². The lowest BCUT2D eigenvalue weighted by molar-refractivity contribution is 0.148. The van der Waals surface area contributed by atoms with Gasteiger partial charge in [-0.25, -0.2) is 0 Å². The Morgan fingerprint density at radius 3 is 2.03 bits per heavy atom. The molecule has 0 atom stereocenters. The number of guanidine groups is 1. The second-order valence-electron chi connectivity index (χ2n) is 7.86. The van der Waals surface area contributed by atoms with E-state index in [1.165, 1.54) is 11.1 Å². The molecule has 2 N–H and O–H groups in total. The Morgan fingerprint density at radius 1 is 0.839 bits per heavy atom. The maximum Gasteiger partial charge on any atom is 0.191 e. The van der Waals surface area contributed by atoms with Crippen LogP contribution in [0.4, 0.5) is 0 Å². The molecule has 1 heterocycles. The van der Waals surface area contributed by atoms with Crippen LogP contribution in [-0.2, 0) is 19.6 Å². The quantitative estimate of drug-likeness (QED) is 0.500. The topological polar surface area (TPSA) is 61.4 Å². The summed E-state index contributed by atoms with van der Waals surface area (Å²) in [5.41, 5.74) is 3.69. The van der Waals surface area contributed by atoms with Crippen LogP contribution in [0.1, 0.15) is 16.7 Å². The highest BCUT2D eigenvalue weighted by Crippen LogP contribution is 2.27. The van der Waals surface area contributed by atoms with Crippen molar-refractivity contribution in [2.24, 2.45) is 4.99 Å². The zero-order valence-electron chi connectivity index (χ0n) is 19.1. The molecular formula is C24H35N5O2. The van der Waals surface area contributed by atoms with Gasteiger partial charge in [-0.1, -0.05) is 30.3 Å². The van der Waals surface area contributed by atoms with Crippen LogP contribution in [0.15, 0.2) is 47.5 Å². The minimum atomic E-state index is 0.643. The molecule has 0 spiro atoms. The fourth-order valence-electron chi connectivity index (χ4n) is 3.61. The third-order valence-corrected chi connectivity index (χ3v) is 5.62. The van der Waals surface area contributed by atoms with E-state index in [1.54, 1.807) is 21.3 Å². The summed E-state index contributed by atoms with van der Waals surface area (Å²) < 4.78 is 10.7. The van der Waals surface area contributed by atoms with Gasteiger partial charge < -0.3 is 25.0 Å². The zero-order chi connectivity index (χ0) is 22.1. The van der Waals surface area contributed by atoms with E-state index < -0.39 is 0 Å². The van der Waals surface area contributed by atoms with Gasteiger partial charge in [0.05, 0.1) is 14.2 Å². The molecule has 7 nitrogen and oxygen atoms in total. The van der Waals surface area contributed by atoms with Crippen LogP contribution in [-0.4, -0.2) is 70.3 Å². The Labute approximate surface area is 186 Å². The smallest absolute Gasteiger partial charge is 0.191 e. The summed E-state index contributed by atoms with van der Waals surface area (Å²) in [6.07, 6.45) is 0. The summed E-state index contributed by atoms with van der Waals surface area (Å²) in [5, 5.41) is 6.73. The van der Waals surface area contributed by atoms with Gasteiger partial charge in [-0.05, 0) is 35.9 Å². The molecule has 0 saturated carbocycles. The third kappa shape index (κ3) is 6.87. The lowest BCUT2D eigenvalue weighted by Gasteiger charge is -2.32. The minimum Gasteiger partial charge on any atom is -0.493 e. The summed E-state index contributed by atoms with van der Waals surface area (Å²) in [5.74, 6) is 2.21. The number of hydrogen-bond acceptors (Lipinski definition) is 5. The monoisotopic (exact) mass is 425 g/mol. The number of ether oxygens (including phenoxy) is 2. The van der Waals surface area contributed by atoms with E-state index in [9.17, 15) is 0 Å². The molecule has 3 rings (SSSR count). The Kier molecular flexibility index (Phi) is 8.55. The fourth-order valence-corrected chi connectivity index (χ4v) is 3.61. The van der Waals surface area contributed by atoms with Crippen molar-refractivity contribution in [1.82, 2.24) is 20.4 Å². The Bertz CT molecular complexity index is 846. The Morgan fingerprint density at radius 2 is 1.42 bits per heavy atom. The van der Waals surface area contributed by atoms with Crippen LogP contribution in [0.3, 0.4) is 0 Å². The van der Waals surface area contributed by atoms with Crippen LogP contribution >= 0.6 is 0 Å². The largest absolute Gasteiger partial charge is 0.493 e. The Balaban J connectivity index is 1.46. The number of piperazine rings is 1. The molecule has 1 aliphatic heterocycles. The average molecular weight is 426 g/mol. The molecule has 1 aliphatic rings. The summed E-state index contributed by atoms with van der Waals surface area (Å²) in [6, 6.07) is 14.7. The first-order valence-corrected chi connectivity index (χ1v) is 10.8. The first-order valence-electron chi connectivity index (χ1n) is 10.8. The molecule has 1 fully saturated rings. The van der Waals surface area contributed by atoms with Gasteiger partial charge in [0.1, 0.15) is 0 Å². The van der Waals surface area contributed by atoms with Crippen molar-refractivity contribution < 1.29 is 9.47 Å². The van der Waals surface area contributed by atoms with Crippen LogP contribution in [0.2, 0.25) is 0 Å². The second-order valence-corrected chi connectivity index (χ2v) is 7.86. The number of rotatable bonds is 8. The number of likely N-dealkylation sites (N-methyl/N-ethyl adjacent to an activating group) is 1. The molecule has 7 heteroatoms. The molecule has 0 unspecified atom stereocenters. The van der Waals surface area contributed by atoms with Crippen LogP contribution < -0.4 is 20.1 Å². The van der Waals surface area contributed by atoms with Crippen molar-refractivity contribution in [3.8, 4) is 11.5 Å². The predicted octanol–water partition coefficient (Wildman–Crippen LogP) is 2.32. The van der Waals surface area contributed by atoms with Crippen molar-refractivity contribution in [3.63, 3.8) is 0 Å². The van der Waals surface area contributed by atoms with Crippen molar-refractivity contribution >= 4 is 5.96 Å². The third-order valence-electron chi connectivity index (χ3n) is 5.62. The van der Waals surface area contributed by atoms with Gasteiger partial charge in [0.25, 0.3) is 0 Å². The standard InChI is InChI=1S/C24H35N5O2/c1-25-24(27-17-21-9-10-22(30-3)23(15-21)31-4)26-16-19-5-7-20(8-6-19)18-29-13-11-28(2)12-14-29/h5-10,15H,11-14,16-18H2,1-4H3,(H2,25,26,27). The van der Waals surface area contributed by atoms with Crippen molar-refractivity contribution in [3.05, 3.63) is 59.2 Å². The SMILES string of the molecule is CN=C(NCc1ccc(CN2CCN(C)CC2)cc1)NCc1ccc(OC)c(OC)c1. The van der Waals surface area contributed by atoms with Gasteiger partial charge in [-0.2, -0.15) is 0 Å². The van der Waals surface area contributed by atoms with E-state index >= 15 is 0 Å². The Hall–Kier alpha value is -2.77. The summed E-state index contributed by atoms with van der Waals surface area (Å²) in [6.45, 7) is 6.97. The second kappa shape index (κ2) is 11.6. The van der Waals surface area contributed by atoms with E-state index in [-0.39, 0.29) is 0 Å². The van der Waals surface area contributed by atoms with Gasteiger partial charge in [0.15, 0.2) is 17.5 Å². The average Bonchev–Trinajstić information content (AvgIpc) is 2.81. The lowest BCUT2D eigenvalue weighted by atomic mass is 10.1. The van der Waals surface area contributed by atoms with E-state index in [4.69, 9.17) is 9.47 Å². The first-order chi connectivity index (χ1) is 15.1. The number of nitrogens with one attached hydrogen (secondary N) is 2. The molecule has 0 amide bonds. The number of methoxy groups -OCH3 is 2. The molecule has 2 aromatic carbocycles. The van der Waals surface area contributed by atoms with Crippen LogP contribution in [0.25, 0.3) is 0 Å². The molecule has 31 heavy (non-hydrogen) atoms. The van der Waals surface area contributed by atoms with E-state index in [2.05, 4.69) is 56.7 Å². The molecular weight excluding hydrogens is 390 g/mol. The molecule has 1 saturated heterocycles. The summed E-state index contributed by atoms with van der Waals surface area (Å²) in [7, 11) is 7.26. The lowest BCUT2D eigenvalue weighted by Crippen LogP contribution is -2.43. The minimum absolute atomic E-state index is 0.643. The molecule has 0 aromatic heterocycles. The molecule has 0 aliphatic carbocycles. The maximum absolute atomic E-state index is 5.37. The van der Waals surface area contributed by atoms with Gasteiger partial charge >= 0.3 is 0 Å². The number of benzene rings is 2. The predicted molar refractivity (Wildman–Crippen MR) is 126 cm³/mol. The fraction of sp³-hybridized carbons (Fsp3) is 0.458. The molecule has 168 valence electrons. The molecule has 0 radical (unpaired) electrons. The summed E-state index contributed by atoms with van der Waals surface area (Å²) >= 11 is 0. The van der Waals surface area contributed by atoms with Crippen molar-refractivity contribution in [1.29, 1.82) is 0 Å². The van der Waals surface area contributed by atoms with Gasteiger partial charge in [0.2, 0.25) is 0 Å². The number of hydrogen-bond donors (Lipinski definition) is 2. The zero-order valence-corrected chi connectivity index (χ0v) is 19.1. The number of nitrogens with zero attached hydrogens (tertiary/aromatic N) is 3. The molecule has 0 bridgehead atoms. The number of aliphatic imine (C=N–C) groups is 1. The summed E-state index contributed by atoms with van der Waals surface area (Å²) in [4.78, 5) is 9.23. The van der Waals surface area contributed by atoms with E-state index in [0.29, 0.717) is 6.54 Å². The highest BCUT2D eigenvalue weighted by atomic mass is 16.5. The van der Waals surface area contributed by atoms with Gasteiger partial charge in [0, 0.05) is 52.9 Å². The van der Waals surface area contributed by atoms with Crippen LogP contribution in [0, 0.1) is 0 Å². The normalized spacial score (nSPS) is 15.5. The van der Waals surface area contributed by atoms with Crippen molar-refractivity contribution in [2.75, 3.05) is 54.5 Å². The van der Waals surface area contributed by atoms with Gasteiger partial charge in [-0.15, -0.1) is 0 Å².